The minimum atomic E-state index is -1.02. The Morgan fingerprint density at radius 2 is 2.11 bits per heavy atom. The van der Waals surface area contributed by atoms with Crippen LogP contribution in [0.25, 0.3) is 0 Å². The summed E-state index contributed by atoms with van der Waals surface area (Å²) >= 11 is 0. The second-order valence-corrected chi connectivity index (χ2v) is 4.32. The Kier molecular flexibility index (Phi) is 3.10. The van der Waals surface area contributed by atoms with Gasteiger partial charge < -0.3 is 20.6 Å². The van der Waals surface area contributed by atoms with Crippen molar-refractivity contribution in [1.29, 1.82) is 0 Å². The van der Waals surface area contributed by atoms with Gasteiger partial charge in [0, 0.05) is 25.8 Å². The van der Waals surface area contributed by atoms with Crippen LogP contribution >= 0.6 is 0 Å². The van der Waals surface area contributed by atoms with Crippen molar-refractivity contribution < 1.29 is 14.7 Å². The van der Waals surface area contributed by atoms with Gasteiger partial charge in [-0.15, -0.1) is 0 Å². The van der Waals surface area contributed by atoms with E-state index in [1.807, 2.05) is 0 Å². The fourth-order valence-corrected chi connectivity index (χ4v) is 1.96. The van der Waals surface area contributed by atoms with Gasteiger partial charge in [-0.1, -0.05) is 0 Å². The van der Waals surface area contributed by atoms with Crippen molar-refractivity contribution in [1.82, 2.24) is 4.90 Å². The molecule has 6 heteroatoms. The molecule has 0 bridgehead atoms. The van der Waals surface area contributed by atoms with Crippen LogP contribution in [0, 0.1) is 0 Å². The van der Waals surface area contributed by atoms with Crippen LogP contribution in [-0.2, 0) is 4.79 Å². The Balaban J connectivity index is 2.35. The minimum absolute atomic E-state index is 0.0278. The highest BCUT2D eigenvalue weighted by Gasteiger charge is 2.24. The third-order valence-corrected chi connectivity index (χ3v) is 3.05. The predicted molar refractivity (Wildman–Crippen MR) is 67.7 cm³/mol. The highest BCUT2D eigenvalue weighted by atomic mass is 16.4. The van der Waals surface area contributed by atoms with Crippen LogP contribution in [0.5, 0.6) is 0 Å². The zero-order valence-corrected chi connectivity index (χ0v) is 10.1. The number of piperazine rings is 1. The summed E-state index contributed by atoms with van der Waals surface area (Å²) in [7, 11) is 1.73. The highest BCUT2D eigenvalue weighted by Crippen LogP contribution is 2.25. The molecule has 1 aliphatic heterocycles. The van der Waals surface area contributed by atoms with Gasteiger partial charge in [-0.25, -0.2) is 4.79 Å². The van der Waals surface area contributed by atoms with Crippen LogP contribution in [0.15, 0.2) is 18.2 Å². The van der Waals surface area contributed by atoms with E-state index in [1.165, 1.54) is 6.07 Å². The highest BCUT2D eigenvalue weighted by molar-refractivity contribution is 5.96. The number of hydrogen-bond acceptors (Lipinski definition) is 4. The summed E-state index contributed by atoms with van der Waals surface area (Å²) in [4.78, 5) is 26.2. The molecule has 0 unspecified atom stereocenters. The van der Waals surface area contributed by atoms with Crippen molar-refractivity contribution in [2.75, 3.05) is 37.3 Å². The van der Waals surface area contributed by atoms with Gasteiger partial charge in [-0.2, -0.15) is 0 Å². The summed E-state index contributed by atoms with van der Waals surface area (Å²) in [5.74, 6) is -1.05. The van der Waals surface area contributed by atoms with E-state index in [9.17, 15) is 9.59 Å². The van der Waals surface area contributed by atoms with E-state index < -0.39 is 5.97 Å². The number of anilines is 2. The monoisotopic (exact) mass is 249 g/mol. The van der Waals surface area contributed by atoms with Gasteiger partial charge in [0.25, 0.3) is 0 Å². The molecule has 1 fully saturated rings. The average Bonchev–Trinajstić information content (AvgIpc) is 2.32. The molecule has 6 nitrogen and oxygen atoms in total. The molecule has 0 spiro atoms. The van der Waals surface area contributed by atoms with Crippen LogP contribution in [0.4, 0.5) is 11.4 Å². The van der Waals surface area contributed by atoms with E-state index in [-0.39, 0.29) is 18.0 Å². The number of likely N-dealkylation sites (N-methyl/N-ethyl adjacent to an activating group) is 1. The first-order chi connectivity index (χ1) is 8.49. The van der Waals surface area contributed by atoms with Gasteiger partial charge in [0.15, 0.2) is 0 Å². The molecule has 0 aliphatic carbocycles. The van der Waals surface area contributed by atoms with E-state index in [0.717, 1.165) is 0 Å². The first-order valence-corrected chi connectivity index (χ1v) is 5.61. The lowest BCUT2D eigenvalue weighted by Gasteiger charge is -2.34. The molecule has 0 aromatic heterocycles. The molecular formula is C12H15N3O3. The first-order valence-electron chi connectivity index (χ1n) is 5.61. The van der Waals surface area contributed by atoms with Gasteiger partial charge in [0.05, 0.1) is 17.8 Å². The quantitative estimate of drug-likeness (QED) is 0.733. The number of benzene rings is 1. The summed E-state index contributed by atoms with van der Waals surface area (Å²) in [6.07, 6.45) is 0. The Morgan fingerprint density at radius 3 is 2.72 bits per heavy atom. The number of carboxylic acid groups (broad SMARTS) is 1. The molecule has 1 aromatic carbocycles. The standard InChI is InChI=1S/C12H15N3O3/c1-14-4-5-15(7-11(14)16)10-6-8(13)2-3-9(10)12(17)18/h2-3,6H,4-5,7,13H2,1H3,(H,17,18). The molecule has 1 aromatic rings. The number of amides is 1. The lowest BCUT2D eigenvalue weighted by Crippen LogP contribution is -2.49. The number of carbonyl (C=O) groups excluding carboxylic acids is 1. The number of carbonyl (C=O) groups is 2. The predicted octanol–water partition coefficient (Wildman–Crippen LogP) is 0.245. The third kappa shape index (κ3) is 2.22. The molecule has 3 N–H and O–H groups in total. The van der Waals surface area contributed by atoms with E-state index in [1.54, 1.807) is 29.0 Å². The number of carboxylic acids is 1. The largest absolute Gasteiger partial charge is 0.478 e. The molecular weight excluding hydrogens is 234 g/mol. The van der Waals surface area contributed by atoms with Crippen molar-refractivity contribution in [2.24, 2.45) is 0 Å². The van der Waals surface area contributed by atoms with Crippen LogP contribution in [0.1, 0.15) is 10.4 Å². The molecule has 0 atom stereocenters. The van der Waals surface area contributed by atoms with Crippen LogP contribution in [0.2, 0.25) is 0 Å². The number of nitrogens with two attached hydrogens (primary N) is 1. The summed E-state index contributed by atoms with van der Waals surface area (Å²) in [5.41, 5.74) is 6.84. The molecule has 1 aliphatic rings. The molecule has 2 rings (SSSR count). The van der Waals surface area contributed by atoms with Gasteiger partial charge in [0.1, 0.15) is 0 Å². The molecule has 0 radical (unpaired) electrons. The van der Waals surface area contributed by atoms with Crippen molar-refractivity contribution in [3.05, 3.63) is 23.8 Å². The maximum absolute atomic E-state index is 11.6. The summed E-state index contributed by atoms with van der Waals surface area (Å²) in [5, 5.41) is 9.14. The Bertz CT molecular complexity index is 501. The van der Waals surface area contributed by atoms with E-state index in [2.05, 4.69) is 0 Å². The molecule has 96 valence electrons. The third-order valence-electron chi connectivity index (χ3n) is 3.05. The van der Waals surface area contributed by atoms with E-state index >= 15 is 0 Å². The maximum atomic E-state index is 11.6. The van der Waals surface area contributed by atoms with Crippen LogP contribution in [-0.4, -0.2) is 48.6 Å². The Hall–Kier alpha value is -2.24. The van der Waals surface area contributed by atoms with Crippen molar-refractivity contribution in [3.63, 3.8) is 0 Å². The average molecular weight is 249 g/mol. The van der Waals surface area contributed by atoms with Gasteiger partial charge in [0.2, 0.25) is 5.91 Å². The smallest absolute Gasteiger partial charge is 0.337 e. The van der Waals surface area contributed by atoms with E-state index in [0.29, 0.717) is 24.5 Å². The van der Waals surface area contributed by atoms with E-state index in [4.69, 9.17) is 10.8 Å². The SMILES string of the molecule is CN1CCN(c2cc(N)ccc2C(=O)O)CC1=O. The molecule has 1 saturated heterocycles. The fourth-order valence-electron chi connectivity index (χ4n) is 1.96. The van der Waals surface area contributed by atoms with Crippen LogP contribution in [0.3, 0.4) is 0 Å². The fraction of sp³-hybridized carbons (Fsp3) is 0.333. The van der Waals surface area contributed by atoms with Crippen molar-refractivity contribution >= 4 is 23.3 Å². The van der Waals surface area contributed by atoms with Crippen LogP contribution < -0.4 is 10.6 Å². The Labute approximate surface area is 105 Å². The lowest BCUT2D eigenvalue weighted by atomic mass is 10.1. The molecule has 1 heterocycles. The Morgan fingerprint density at radius 1 is 1.39 bits per heavy atom. The summed E-state index contributed by atoms with van der Waals surface area (Å²) in [6.45, 7) is 1.36. The minimum Gasteiger partial charge on any atom is -0.478 e. The number of rotatable bonds is 2. The second kappa shape index (κ2) is 4.56. The number of aromatic carboxylic acids is 1. The van der Waals surface area contributed by atoms with Crippen molar-refractivity contribution in [3.8, 4) is 0 Å². The lowest BCUT2D eigenvalue weighted by molar-refractivity contribution is -0.129. The molecule has 18 heavy (non-hydrogen) atoms. The number of hydrogen-bond donors (Lipinski definition) is 2. The summed E-state index contributed by atoms with van der Waals surface area (Å²) in [6, 6.07) is 4.61. The number of nitrogen functional groups attached to an aromatic ring is 1. The van der Waals surface area contributed by atoms with Crippen molar-refractivity contribution in [2.45, 2.75) is 0 Å². The number of nitrogens with zero attached hydrogens (tertiary/aromatic N) is 2. The second-order valence-electron chi connectivity index (χ2n) is 4.32. The topological polar surface area (TPSA) is 86.9 Å². The zero-order valence-electron chi connectivity index (χ0n) is 10.1. The van der Waals surface area contributed by atoms with Gasteiger partial charge >= 0.3 is 5.97 Å². The normalized spacial score (nSPS) is 15.9. The van der Waals surface area contributed by atoms with Gasteiger partial charge in [-0.3, -0.25) is 4.79 Å². The zero-order chi connectivity index (χ0) is 13.3. The molecule has 0 saturated carbocycles. The maximum Gasteiger partial charge on any atom is 0.337 e. The van der Waals surface area contributed by atoms with Gasteiger partial charge in [-0.05, 0) is 18.2 Å². The molecule has 1 amide bonds. The summed E-state index contributed by atoms with van der Waals surface area (Å²) < 4.78 is 0. The first kappa shape index (κ1) is 12.2.